The Bertz CT molecular complexity index is 802. The third kappa shape index (κ3) is 4.40. The van der Waals surface area contributed by atoms with Crippen LogP contribution in [0.2, 0.25) is 5.02 Å². The van der Waals surface area contributed by atoms with Gasteiger partial charge in [-0.15, -0.1) is 0 Å². The molecule has 1 fully saturated rings. The van der Waals surface area contributed by atoms with E-state index in [1.54, 1.807) is 18.2 Å². The molecule has 1 aliphatic carbocycles. The molecule has 130 valence electrons. The van der Waals surface area contributed by atoms with Crippen LogP contribution in [0.25, 0.3) is 0 Å². The zero-order valence-electron chi connectivity index (χ0n) is 14.3. The fourth-order valence-electron chi connectivity index (χ4n) is 2.79. The van der Waals surface area contributed by atoms with E-state index in [2.05, 4.69) is 10.6 Å². The molecule has 0 saturated heterocycles. The maximum atomic E-state index is 12.3. The van der Waals surface area contributed by atoms with Crippen molar-refractivity contribution in [2.24, 2.45) is 11.8 Å². The van der Waals surface area contributed by atoms with Gasteiger partial charge in [0.2, 0.25) is 11.8 Å². The van der Waals surface area contributed by atoms with Gasteiger partial charge < -0.3 is 10.6 Å². The van der Waals surface area contributed by atoms with E-state index in [4.69, 9.17) is 11.6 Å². The lowest BCUT2D eigenvalue weighted by Crippen LogP contribution is -2.27. The van der Waals surface area contributed by atoms with Gasteiger partial charge in [0.25, 0.3) is 0 Å². The SMILES string of the molecule is Cc1ccc(CNC(=O)C2CC2C(=O)Nc2ccc(Cl)cc2C)cc1. The lowest BCUT2D eigenvalue weighted by atomic mass is 10.1. The Morgan fingerprint density at radius 3 is 2.40 bits per heavy atom. The number of benzene rings is 2. The fraction of sp³-hybridized carbons (Fsp3) is 0.300. The van der Waals surface area contributed by atoms with Crippen molar-refractivity contribution in [3.05, 3.63) is 64.2 Å². The number of anilines is 1. The molecule has 0 aromatic heterocycles. The number of carbonyl (C=O) groups excluding carboxylic acids is 2. The van der Waals surface area contributed by atoms with Gasteiger partial charge in [-0.05, 0) is 49.6 Å². The second kappa shape index (κ2) is 7.28. The van der Waals surface area contributed by atoms with Crippen LogP contribution < -0.4 is 10.6 Å². The molecule has 2 atom stereocenters. The van der Waals surface area contributed by atoms with Crippen LogP contribution in [0.15, 0.2) is 42.5 Å². The standard InChI is InChI=1S/C20H21ClN2O2/c1-12-3-5-14(6-4-12)11-22-19(24)16-10-17(16)20(25)23-18-8-7-15(21)9-13(18)2/h3-9,16-17H,10-11H2,1-2H3,(H,22,24)(H,23,25). The number of aryl methyl sites for hydroxylation is 2. The summed E-state index contributed by atoms with van der Waals surface area (Å²) in [4.78, 5) is 24.5. The summed E-state index contributed by atoms with van der Waals surface area (Å²) in [6, 6.07) is 13.3. The predicted octanol–water partition coefficient (Wildman–Crippen LogP) is 3.85. The average Bonchev–Trinajstić information content (AvgIpc) is 3.37. The highest BCUT2D eigenvalue weighted by atomic mass is 35.5. The van der Waals surface area contributed by atoms with Crippen LogP contribution in [0.5, 0.6) is 0 Å². The number of hydrogen-bond acceptors (Lipinski definition) is 2. The van der Waals surface area contributed by atoms with E-state index >= 15 is 0 Å². The van der Waals surface area contributed by atoms with E-state index in [1.165, 1.54) is 5.56 Å². The Balaban J connectivity index is 1.50. The Hall–Kier alpha value is -2.33. The molecule has 2 amide bonds. The summed E-state index contributed by atoms with van der Waals surface area (Å²) in [5.41, 5.74) is 3.88. The smallest absolute Gasteiger partial charge is 0.228 e. The highest BCUT2D eigenvalue weighted by Gasteiger charge is 2.47. The third-order valence-corrected chi connectivity index (χ3v) is 4.73. The number of rotatable bonds is 5. The fourth-order valence-corrected chi connectivity index (χ4v) is 3.02. The quantitative estimate of drug-likeness (QED) is 0.854. The molecule has 2 unspecified atom stereocenters. The minimum atomic E-state index is -0.256. The summed E-state index contributed by atoms with van der Waals surface area (Å²) in [6.07, 6.45) is 0.595. The maximum Gasteiger partial charge on any atom is 0.228 e. The zero-order valence-corrected chi connectivity index (χ0v) is 15.1. The molecule has 0 heterocycles. The van der Waals surface area contributed by atoms with Crippen molar-refractivity contribution in [3.63, 3.8) is 0 Å². The highest BCUT2D eigenvalue weighted by molar-refractivity contribution is 6.30. The lowest BCUT2D eigenvalue weighted by Gasteiger charge is -2.09. The van der Waals surface area contributed by atoms with Gasteiger partial charge >= 0.3 is 0 Å². The number of carbonyl (C=O) groups is 2. The maximum absolute atomic E-state index is 12.3. The second-order valence-corrected chi connectivity index (χ2v) is 7.04. The molecule has 2 aromatic rings. The van der Waals surface area contributed by atoms with Crippen molar-refractivity contribution >= 4 is 29.1 Å². The molecule has 25 heavy (non-hydrogen) atoms. The normalized spacial score (nSPS) is 18.5. The van der Waals surface area contributed by atoms with Crippen molar-refractivity contribution in [1.29, 1.82) is 0 Å². The van der Waals surface area contributed by atoms with Crippen molar-refractivity contribution in [1.82, 2.24) is 5.32 Å². The van der Waals surface area contributed by atoms with Crippen LogP contribution in [0.1, 0.15) is 23.1 Å². The highest BCUT2D eigenvalue weighted by Crippen LogP contribution is 2.39. The molecule has 1 aliphatic rings. The predicted molar refractivity (Wildman–Crippen MR) is 99.4 cm³/mol. The van der Waals surface area contributed by atoms with Crippen molar-refractivity contribution in [3.8, 4) is 0 Å². The van der Waals surface area contributed by atoms with Crippen molar-refractivity contribution in [2.75, 3.05) is 5.32 Å². The van der Waals surface area contributed by atoms with Gasteiger partial charge in [0.1, 0.15) is 0 Å². The molecule has 0 spiro atoms. The molecule has 5 heteroatoms. The van der Waals surface area contributed by atoms with Crippen LogP contribution in [0, 0.1) is 25.7 Å². The van der Waals surface area contributed by atoms with Crippen LogP contribution >= 0.6 is 11.6 Å². The molecule has 1 saturated carbocycles. The summed E-state index contributed by atoms with van der Waals surface area (Å²) in [7, 11) is 0. The van der Waals surface area contributed by atoms with Gasteiger partial charge in [-0.1, -0.05) is 41.4 Å². The first-order valence-electron chi connectivity index (χ1n) is 8.34. The summed E-state index contributed by atoms with van der Waals surface area (Å²) in [5, 5.41) is 6.43. The molecular weight excluding hydrogens is 336 g/mol. The molecular formula is C20H21ClN2O2. The Labute approximate surface area is 152 Å². The Morgan fingerprint density at radius 2 is 1.72 bits per heavy atom. The first-order valence-corrected chi connectivity index (χ1v) is 8.72. The van der Waals surface area contributed by atoms with E-state index in [1.807, 2.05) is 38.1 Å². The monoisotopic (exact) mass is 356 g/mol. The number of amides is 2. The van der Waals surface area contributed by atoms with Gasteiger partial charge in [-0.25, -0.2) is 0 Å². The summed E-state index contributed by atoms with van der Waals surface area (Å²) < 4.78 is 0. The first-order chi connectivity index (χ1) is 11.9. The molecule has 2 N–H and O–H groups in total. The molecule has 0 radical (unpaired) electrons. The zero-order chi connectivity index (χ0) is 18.0. The second-order valence-electron chi connectivity index (χ2n) is 6.60. The van der Waals surface area contributed by atoms with Gasteiger partial charge in [0.15, 0.2) is 0 Å². The minimum Gasteiger partial charge on any atom is -0.352 e. The summed E-state index contributed by atoms with van der Waals surface area (Å²) in [6.45, 7) is 4.40. The Morgan fingerprint density at radius 1 is 1.04 bits per heavy atom. The van der Waals surface area contributed by atoms with Crippen LogP contribution in [0.3, 0.4) is 0 Å². The number of hydrogen-bond donors (Lipinski definition) is 2. The average molecular weight is 357 g/mol. The van der Waals surface area contributed by atoms with E-state index < -0.39 is 0 Å². The topological polar surface area (TPSA) is 58.2 Å². The third-order valence-electron chi connectivity index (χ3n) is 4.50. The van der Waals surface area contributed by atoms with Crippen molar-refractivity contribution in [2.45, 2.75) is 26.8 Å². The molecule has 3 rings (SSSR count). The number of halogens is 1. The first kappa shape index (κ1) is 17.5. The van der Waals surface area contributed by atoms with Gasteiger partial charge in [-0.3, -0.25) is 9.59 Å². The van der Waals surface area contributed by atoms with Gasteiger partial charge in [0.05, 0.1) is 11.8 Å². The van der Waals surface area contributed by atoms with E-state index in [0.29, 0.717) is 18.0 Å². The van der Waals surface area contributed by atoms with Crippen molar-refractivity contribution < 1.29 is 9.59 Å². The van der Waals surface area contributed by atoms with Gasteiger partial charge in [0, 0.05) is 17.3 Å². The largest absolute Gasteiger partial charge is 0.352 e. The van der Waals surface area contributed by atoms with Gasteiger partial charge in [-0.2, -0.15) is 0 Å². The minimum absolute atomic E-state index is 0.0615. The summed E-state index contributed by atoms with van der Waals surface area (Å²) in [5.74, 6) is -0.666. The van der Waals surface area contributed by atoms with E-state index in [-0.39, 0.29) is 23.7 Å². The summed E-state index contributed by atoms with van der Waals surface area (Å²) >= 11 is 5.92. The molecule has 0 aliphatic heterocycles. The van der Waals surface area contributed by atoms with Crippen LogP contribution in [-0.2, 0) is 16.1 Å². The molecule has 2 aromatic carbocycles. The van der Waals surface area contributed by atoms with Crippen LogP contribution in [0.4, 0.5) is 5.69 Å². The Kier molecular flexibility index (Phi) is 5.09. The number of nitrogens with one attached hydrogen (secondary N) is 2. The van der Waals surface area contributed by atoms with E-state index in [9.17, 15) is 9.59 Å². The molecule has 0 bridgehead atoms. The van der Waals surface area contributed by atoms with Crippen LogP contribution in [-0.4, -0.2) is 11.8 Å². The lowest BCUT2D eigenvalue weighted by molar-refractivity contribution is -0.125. The van der Waals surface area contributed by atoms with E-state index in [0.717, 1.165) is 16.8 Å². The molecule has 4 nitrogen and oxygen atoms in total.